The van der Waals surface area contributed by atoms with Crippen molar-refractivity contribution in [2.75, 3.05) is 14.2 Å². The van der Waals surface area contributed by atoms with Gasteiger partial charge < -0.3 is 19.5 Å². The predicted molar refractivity (Wildman–Crippen MR) is 92.3 cm³/mol. The van der Waals surface area contributed by atoms with Gasteiger partial charge in [0.05, 0.1) is 25.4 Å². The van der Waals surface area contributed by atoms with Crippen molar-refractivity contribution in [3.8, 4) is 0 Å². The molecule has 1 aliphatic heterocycles. The van der Waals surface area contributed by atoms with Crippen molar-refractivity contribution < 1.29 is 28.6 Å². The average Bonchev–Trinajstić information content (AvgIpc) is 2.65. The summed E-state index contributed by atoms with van der Waals surface area (Å²) in [4.78, 5) is 37.2. The van der Waals surface area contributed by atoms with Crippen LogP contribution in [0.5, 0.6) is 0 Å². The van der Waals surface area contributed by atoms with Gasteiger partial charge in [-0.2, -0.15) is 0 Å². The van der Waals surface area contributed by atoms with E-state index >= 15 is 0 Å². The number of allylic oxidation sites excluding steroid dienone is 2. The number of carbonyl (C=O) groups excluding carboxylic acids is 3. The van der Waals surface area contributed by atoms with Crippen molar-refractivity contribution in [1.82, 2.24) is 5.32 Å². The minimum absolute atomic E-state index is 0.0185. The van der Waals surface area contributed by atoms with Gasteiger partial charge in [-0.3, -0.25) is 4.79 Å². The van der Waals surface area contributed by atoms with E-state index in [4.69, 9.17) is 14.2 Å². The Bertz CT molecular complexity index is 740. The number of dihydropyridines is 1. The lowest BCUT2D eigenvalue weighted by molar-refractivity contribution is -0.152. The number of rotatable bonds is 5. The molecular formula is C19H21NO6. The highest BCUT2D eigenvalue weighted by Crippen LogP contribution is 2.32. The zero-order valence-corrected chi connectivity index (χ0v) is 15.1. The molecule has 0 unspecified atom stereocenters. The van der Waals surface area contributed by atoms with Crippen LogP contribution in [0.15, 0.2) is 52.9 Å². The summed E-state index contributed by atoms with van der Waals surface area (Å²) in [5, 5.41) is 2.92. The highest BCUT2D eigenvalue weighted by molar-refractivity contribution is 6.05. The molecule has 1 aromatic carbocycles. The van der Waals surface area contributed by atoms with E-state index in [1.807, 2.05) is 18.2 Å². The fourth-order valence-electron chi connectivity index (χ4n) is 2.80. The fraction of sp³-hybridized carbons (Fsp3) is 0.316. The molecule has 0 spiro atoms. The molecule has 0 amide bonds. The third-order valence-corrected chi connectivity index (χ3v) is 4.03. The molecule has 7 heteroatoms. The molecule has 0 aliphatic carbocycles. The first-order chi connectivity index (χ1) is 12.4. The Labute approximate surface area is 151 Å². The Morgan fingerprint density at radius 3 is 1.88 bits per heavy atom. The number of benzene rings is 1. The number of esters is 3. The quantitative estimate of drug-likeness (QED) is 0.634. The number of hydrogen-bond donors (Lipinski definition) is 1. The first-order valence-electron chi connectivity index (χ1n) is 7.96. The largest absolute Gasteiger partial charge is 0.466 e. The van der Waals surface area contributed by atoms with Crippen LogP contribution < -0.4 is 5.32 Å². The van der Waals surface area contributed by atoms with Gasteiger partial charge in [0.15, 0.2) is 0 Å². The van der Waals surface area contributed by atoms with E-state index in [0.717, 1.165) is 5.56 Å². The summed E-state index contributed by atoms with van der Waals surface area (Å²) in [6, 6.07) is 9.10. The van der Waals surface area contributed by atoms with E-state index < -0.39 is 23.8 Å². The lowest BCUT2D eigenvalue weighted by Crippen LogP contribution is -2.37. The van der Waals surface area contributed by atoms with Gasteiger partial charge in [0, 0.05) is 11.4 Å². The van der Waals surface area contributed by atoms with Gasteiger partial charge >= 0.3 is 17.9 Å². The standard InChI is InChI=1S/C19H21NO6/c1-11-14(17(21)24-3)16(15(12(2)20-11)18(22)25-4)19(23)26-10-13-8-6-5-7-9-13/h5-9,16,20H,10H2,1-4H3. The summed E-state index contributed by atoms with van der Waals surface area (Å²) in [5.41, 5.74) is 1.68. The van der Waals surface area contributed by atoms with Crippen LogP contribution in [-0.4, -0.2) is 32.1 Å². The maximum Gasteiger partial charge on any atom is 0.336 e. The second kappa shape index (κ2) is 8.33. The number of ether oxygens (including phenoxy) is 3. The monoisotopic (exact) mass is 359 g/mol. The maximum absolute atomic E-state index is 12.8. The van der Waals surface area contributed by atoms with E-state index in [2.05, 4.69) is 5.32 Å². The van der Waals surface area contributed by atoms with Crippen LogP contribution >= 0.6 is 0 Å². The molecule has 1 N–H and O–H groups in total. The summed E-state index contributed by atoms with van der Waals surface area (Å²) >= 11 is 0. The van der Waals surface area contributed by atoms with E-state index in [0.29, 0.717) is 11.4 Å². The van der Waals surface area contributed by atoms with Gasteiger partial charge in [0.2, 0.25) is 0 Å². The Kier molecular flexibility index (Phi) is 6.16. The molecule has 1 heterocycles. The van der Waals surface area contributed by atoms with Gasteiger partial charge in [-0.15, -0.1) is 0 Å². The molecule has 0 atom stereocenters. The molecule has 0 bridgehead atoms. The van der Waals surface area contributed by atoms with Crippen molar-refractivity contribution in [1.29, 1.82) is 0 Å². The van der Waals surface area contributed by atoms with Gasteiger partial charge in [0.25, 0.3) is 0 Å². The lowest BCUT2D eigenvalue weighted by Gasteiger charge is -2.28. The Morgan fingerprint density at radius 1 is 0.923 bits per heavy atom. The molecule has 0 fully saturated rings. The third-order valence-electron chi connectivity index (χ3n) is 4.03. The minimum Gasteiger partial charge on any atom is -0.466 e. The van der Waals surface area contributed by atoms with Gasteiger partial charge in [-0.1, -0.05) is 30.3 Å². The predicted octanol–water partition coefficient (Wildman–Crippen LogP) is 1.84. The fourth-order valence-corrected chi connectivity index (χ4v) is 2.80. The van der Waals surface area contributed by atoms with E-state index in [1.165, 1.54) is 14.2 Å². The van der Waals surface area contributed by atoms with Crippen molar-refractivity contribution in [2.24, 2.45) is 5.92 Å². The average molecular weight is 359 g/mol. The molecule has 2 rings (SSSR count). The van der Waals surface area contributed by atoms with Crippen LogP contribution in [0, 0.1) is 5.92 Å². The molecule has 0 aromatic heterocycles. The summed E-state index contributed by atoms with van der Waals surface area (Å²) in [6.07, 6.45) is 0. The van der Waals surface area contributed by atoms with Gasteiger partial charge in [0.1, 0.15) is 12.5 Å². The molecule has 0 saturated heterocycles. The molecule has 0 radical (unpaired) electrons. The zero-order chi connectivity index (χ0) is 19.3. The highest BCUT2D eigenvalue weighted by atomic mass is 16.5. The summed E-state index contributed by atoms with van der Waals surface area (Å²) in [6.45, 7) is 3.27. The Balaban J connectivity index is 2.38. The van der Waals surface area contributed by atoms with Crippen LogP contribution in [0.3, 0.4) is 0 Å². The first kappa shape index (κ1) is 19.2. The van der Waals surface area contributed by atoms with E-state index in [9.17, 15) is 14.4 Å². The third kappa shape index (κ3) is 3.93. The second-order valence-corrected chi connectivity index (χ2v) is 5.71. The lowest BCUT2D eigenvalue weighted by atomic mass is 9.85. The molecule has 1 aromatic rings. The molecule has 138 valence electrons. The van der Waals surface area contributed by atoms with Crippen LogP contribution in [0.2, 0.25) is 0 Å². The summed E-state index contributed by atoms with van der Waals surface area (Å²) in [7, 11) is 2.41. The van der Waals surface area contributed by atoms with Crippen LogP contribution in [-0.2, 0) is 35.2 Å². The van der Waals surface area contributed by atoms with Crippen molar-refractivity contribution in [3.05, 3.63) is 58.4 Å². The molecular weight excluding hydrogens is 338 g/mol. The number of nitrogens with one attached hydrogen (secondary N) is 1. The maximum atomic E-state index is 12.8. The summed E-state index contributed by atoms with van der Waals surface area (Å²) < 4.78 is 14.9. The van der Waals surface area contributed by atoms with E-state index in [-0.39, 0.29) is 17.8 Å². The van der Waals surface area contributed by atoms with Gasteiger partial charge in [-0.25, -0.2) is 9.59 Å². The van der Waals surface area contributed by atoms with Crippen molar-refractivity contribution >= 4 is 17.9 Å². The Hall–Kier alpha value is -3.09. The molecule has 1 aliphatic rings. The SMILES string of the molecule is COC(=O)C1=C(C)NC(C)=C(C(=O)OC)C1C(=O)OCc1ccccc1. The molecule has 7 nitrogen and oxygen atoms in total. The van der Waals surface area contributed by atoms with E-state index in [1.54, 1.807) is 26.0 Å². The number of carbonyl (C=O) groups is 3. The van der Waals surface area contributed by atoms with Crippen LogP contribution in [0.4, 0.5) is 0 Å². The highest BCUT2D eigenvalue weighted by Gasteiger charge is 2.42. The normalized spacial score (nSPS) is 14.6. The van der Waals surface area contributed by atoms with Crippen molar-refractivity contribution in [2.45, 2.75) is 20.5 Å². The molecule has 0 saturated carbocycles. The zero-order valence-electron chi connectivity index (χ0n) is 15.1. The smallest absolute Gasteiger partial charge is 0.336 e. The number of hydrogen-bond acceptors (Lipinski definition) is 7. The topological polar surface area (TPSA) is 90.9 Å². The van der Waals surface area contributed by atoms with Crippen molar-refractivity contribution in [3.63, 3.8) is 0 Å². The Morgan fingerprint density at radius 2 is 1.42 bits per heavy atom. The first-order valence-corrected chi connectivity index (χ1v) is 7.96. The summed E-state index contributed by atoms with van der Waals surface area (Å²) in [5.74, 6) is -3.38. The molecule has 26 heavy (non-hydrogen) atoms. The minimum atomic E-state index is -1.22. The van der Waals surface area contributed by atoms with Crippen LogP contribution in [0.1, 0.15) is 19.4 Å². The number of methoxy groups -OCH3 is 2. The van der Waals surface area contributed by atoms with Crippen LogP contribution in [0.25, 0.3) is 0 Å². The second-order valence-electron chi connectivity index (χ2n) is 5.71. The van der Waals surface area contributed by atoms with Gasteiger partial charge in [-0.05, 0) is 19.4 Å².